The van der Waals surface area contributed by atoms with Crippen LogP contribution in [0.15, 0.2) is 36.7 Å². The topological polar surface area (TPSA) is 72.1 Å². The molecular weight excluding hydrogens is 252 g/mol. The highest BCUT2D eigenvalue weighted by Crippen LogP contribution is 2.12. The minimum atomic E-state index is -0.0403. The maximum atomic E-state index is 12.5. The van der Waals surface area contributed by atoms with Gasteiger partial charge in [0, 0.05) is 36.7 Å². The first kappa shape index (κ1) is 14.0. The molecule has 5 heteroatoms. The Morgan fingerprint density at radius 2 is 2.00 bits per heavy atom. The number of hydrogen-bond donors (Lipinski definition) is 1. The molecule has 0 aromatic carbocycles. The van der Waals surface area contributed by atoms with E-state index in [1.807, 2.05) is 26.0 Å². The van der Waals surface area contributed by atoms with Crippen LogP contribution < -0.4 is 5.73 Å². The van der Waals surface area contributed by atoms with E-state index in [4.69, 9.17) is 5.73 Å². The quantitative estimate of drug-likeness (QED) is 0.922. The minimum absolute atomic E-state index is 0.0403. The number of aromatic nitrogens is 2. The number of carbonyl (C=O) groups excluding carboxylic acids is 1. The summed E-state index contributed by atoms with van der Waals surface area (Å²) in [6.45, 7) is 4.96. The van der Waals surface area contributed by atoms with Crippen molar-refractivity contribution in [3.8, 4) is 0 Å². The van der Waals surface area contributed by atoms with Crippen molar-refractivity contribution in [2.24, 2.45) is 0 Å². The van der Waals surface area contributed by atoms with E-state index < -0.39 is 0 Å². The summed E-state index contributed by atoms with van der Waals surface area (Å²) in [5, 5.41) is 0. The van der Waals surface area contributed by atoms with Crippen molar-refractivity contribution >= 4 is 11.7 Å². The molecule has 0 radical (unpaired) electrons. The van der Waals surface area contributed by atoms with E-state index in [9.17, 15) is 4.79 Å². The number of pyridine rings is 2. The molecule has 2 N–H and O–H groups in total. The van der Waals surface area contributed by atoms with E-state index in [1.54, 1.807) is 29.4 Å². The largest absolute Gasteiger partial charge is 0.384 e. The average molecular weight is 270 g/mol. The van der Waals surface area contributed by atoms with E-state index in [-0.39, 0.29) is 5.91 Å². The van der Waals surface area contributed by atoms with Gasteiger partial charge >= 0.3 is 0 Å². The van der Waals surface area contributed by atoms with Crippen LogP contribution in [0.3, 0.4) is 0 Å². The summed E-state index contributed by atoms with van der Waals surface area (Å²) in [4.78, 5) is 22.3. The van der Waals surface area contributed by atoms with Crippen molar-refractivity contribution in [1.82, 2.24) is 14.9 Å². The molecule has 2 rings (SSSR count). The standard InChI is InChI=1S/C15H18N4O/c1-3-19(10-12-4-6-17-7-5-12)15(20)13-8-11(2)18-14(16)9-13/h4-9H,3,10H2,1-2H3,(H2,16,18). The highest BCUT2D eigenvalue weighted by atomic mass is 16.2. The third-order valence-electron chi connectivity index (χ3n) is 3.01. The molecule has 0 saturated carbocycles. The van der Waals surface area contributed by atoms with Crippen LogP contribution in [-0.4, -0.2) is 27.3 Å². The van der Waals surface area contributed by atoms with Crippen LogP contribution in [0.25, 0.3) is 0 Å². The van der Waals surface area contributed by atoms with Crippen LogP contribution in [0.1, 0.15) is 28.5 Å². The maximum Gasteiger partial charge on any atom is 0.254 e. The normalized spacial score (nSPS) is 10.3. The lowest BCUT2D eigenvalue weighted by molar-refractivity contribution is 0.0752. The zero-order valence-electron chi connectivity index (χ0n) is 11.7. The summed E-state index contributed by atoms with van der Waals surface area (Å²) >= 11 is 0. The second-order valence-electron chi connectivity index (χ2n) is 4.60. The molecule has 0 aliphatic heterocycles. The highest BCUT2D eigenvalue weighted by molar-refractivity contribution is 5.94. The fourth-order valence-electron chi connectivity index (χ4n) is 2.04. The van der Waals surface area contributed by atoms with Gasteiger partial charge in [0.05, 0.1) is 0 Å². The molecule has 20 heavy (non-hydrogen) atoms. The number of amides is 1. The van der Waals surface area contributed by atoms with Crippen molar-refractivity contribution in [1.29, 1.82) is 0 Å². The van der Waals surface area contributed by atoms with Crippen LogP contribution in [-0.2, 0) is 6.54 Å². The SMILES string of the molecule is CCN(Cc1ccncc1)C(=O)c1cc(C)nc(N)c1. The van der Waals surface area contributed by atoms with E-state index in [1.165, 1.54) is 0 Å². The Labute approximate surface area is 118 Å². The van der Waals surface area contributed by atoms with Crippen molar-refractivity contribution < 1.29 is 4.79 Å². The van der Waals surface area contributed by atoms with Gasteiger partial charge in [0.2, 0.25) is 0 Å². The molecule has 0 spiro atoms. The molecule has 1 amide bonds. The summed E-state index contributed by atoms with van der Waals surface area (Å²) in [5.74, 6) is 0.329. The van der Waals surface area contributed by atoms with Gasteiger partial charge in [-0.05, 0) is 43.7 Å². The molecule has 0 atom stereocenters. The smallest absolute Gasteiger partial charge is 0.254 e. The second-order valence-corrected chi connectivity index (χ2v) is 4.60. The van der Waals surface area contributed by atoms with Crippen LogP contribution in [0, 0.1) is 6.92 Å². The number of nitrogens with zero attached hydrogens (tertiary/aromatic N) is 3. The van der Waals surface area contributed by atoms with E-state index >= 15 is 0 Å². The highest BCUT2D eigenvalue weighted by Gasteiger charge is 2.15. The molecular formula is C15H18N4O. The molecule has 2 aromatic heterocycles. The number of hydrogen-bond acceptors (Lipinski definition) is 4. The van der Waals surface area contributed by atoms with Gasteiger partial charge < -0.3 is 10.6 Å². The molecule has 0 fully saturated rings. The van der Waals surface area contributed by atoms with Gasteiger partial charge in [-0.1, -0.05) is 0 Å². The van der Waals surface area contributed by atoms with Crippen molar-refractivity contribution in [3.63, 3.8) is 0 Å². The Morgan fingerprint density at radius 1 is 1.30 bits per heavy atom. The van der Waals surface area contributed by atoms with E-state index in [0.717, 1.165) is 11.3 Å². The molecule has 0 aliphatic carbocycles. The second kappa shape index (κ2) is 6.14. The van der Waals surface area contributed by atoms with Crippen molar-refractivity contribution in [2.45, 2.75) is 20.4 Å². The van der Waals surface area contributed by atoms with Crippen LogP contribution in [0.5, 0.6) is 0 Å². The van der Waals surface area contributed by atoms with Gasteiger partial charge in [-0.2, -0.15) is 0 Å². The zero-order valence-corrected chi connectivity index (χ0v) is 11.7. The van der Waals surface area contributed by atoms with E-state index in [0.29, 0.717) is 24.5 Å². The molecule has 0 bridgehead atoms. The lowest BCUT2D eigenvalue weighted by Crippen LogP contribution is -2.30. The number of carbonyl (C=O) groups is 1. The molecule has 5 nitrogen and oxygen atoms in total. The molecule has 2 aromatic rings. The zero-order chi connectivity index (χ0) is 14.5. The van der Waals surface area contributed by atoms with Crippen molar-refractivity contribution in [3.05, 3.63) is 53.5 Å². The first-order chi connectivity index (χ1) is 9.60. The fourth-order valence-corrected chi connectivity index (χ4v) is 2.04. The molecule has 2 heterocycles. The summed E-state index contributed by atoms with van der Waals surface area (Å²) < 4.78 is 0. The number of anilines is 1. The first-order valence-corrected chi connectivity index (χ1v) is 6.52. The van der Waals surface area contributed by atoms with Gasteiger partial charge in [-0.3, -0.25) is 9.78 Å². The summed E-state index contributed by atoms with van der Waals surface area (Å²) in [7, 11) is 0. The van der Waals surface area contributed by atoms with Crippen LogP contribution in [0.4, 0.5) is 5.82 Å². The Morgan fingerprint density at radius 3 is 2.60 bits per heavy atom. The lowest BCUT2D eigenvalue weighted by Gasteiger charge is -2.21. The first-order valence-electron chi connectivity index (χ1n) is 6.52. The molecule has 0 aliphatic rings. The number of nitrogens with two attached hydrogens (primary N) is 1. The Balaban J connectivity index is 2.20. The van der Waals surface area contributed by atoms with Gasteiger partial charge in [0.25, 0.3) is 5.91 Å². The molecule has 104 valence electrons. The Bertz CT molecular complexity index is 578. The average Bonchev–Trinajstić information content (AvgIpc) is 2.44. The minimum Gasteiger partial charge on any atom is -0.384 e. The fraction of sp³-hybridized carbons (Fsp3) is 0.267. The predicted octanol–water partition coefficient (Wildman–Crippen LogP) is 2.03. The molecule has 0 unspecified atom stereocenters. The van der Waals surface area contributed by atoms with Crippen LogP contribution in [0.2, 0.25) is 0 Å². The van der Waals surface area contributed by atoms with Gasteiger partial charge in [-0.15, -0.1) is 0 Å². The number of aryl methyl sites for hydroxylation is 1. The Kier molecular flexibility index (Phi) is 4.30. The summed E-state index contributed by atoms with van der Waals surface area (Å²) in [6.07, 6.45) is 3.45. The number of rotatable bonds is 4. The van der Waals surface area contributed by atoms with Gasteiger partial charge in [-0.25, -0.2) is 4.98 Å². The Hall–Kier alpha value is -2.43. The predicted molar refractivity (Wildman–Crippen MR) is 78.0 cm³/mol. The summed E-state index contributed by atoms with van der Waals surface area (Å²) in [5.41, 5.74) is 8.07. The van der Waals surface area contributed by atoms with Gasteiger partial charge in [0.15, 0.2) is 0 Å². The molecule has 0 saturated heterocycles. The third-order valence-corrected chi connectivity index (χ3v) is 3.01. The maximum absolute atomic E-state index is 12.5. The van der Waals surface area contributed by atoms with E-state index in [2.05, 4.69) is 9.97 Å². The monoisotopic (exact) mass is 270 g/mol. The van der Waals surface area contributed by atoms with Gasteiger partial charge in [0.1, 0.15) is 5.82 Å². The third kappa shape index (κ3) is 3.32. The van der Waals surface area contributed by atoms with Crippen molar-refractivity contribution in [2.75, 3.05) is 12.3 Å². The summed E-state index contributed by atoms with van der Waals surface area (Å²) in [6, 6.07) is 7.18. The number of nitrogen functional groups attached to an aromatic ring is 1. The lowest BCUT2D eigenvalue weighted by atomic mass is 10.1. The van der Waals surface area contributed by atoms with Crippen LogP contribution >= 0.6 is 0 Å².